The van der Waals surface area contributed by atoms with Gasteiger partial charge in [0, 0.05) is 36.2 Å². The molecule has 0 saturated carbocycles. The minimum absolute atomic E-state index is 0.0701. The van der Waals surface area contributed by atoms with Crippen LogP contribution in [0.3, 0.4) is 0 Å². The lowest BCUT2D eigenvalue weighted by atomic mass is 9.94. The number of hydrogen-bond donors (Lipinski definition) is 2. The van der Waals surface area contributed by atoms with Crippen LogP contribution in [-0.2, 0) is 0 Å². The van der Waals surface area contributed by atoms with Crippen LogP contribution in [0.1, 0.15) is 6.42 Å². The number of urea groups is 1. The van der Waals surface area contributed by atoms with Crippen LogP contribution in [0, 0.1) is 10.1 Å². The number of hydrogen-bond acceptors (Lipinski definition) is 5. The molecule has 1 fully saturated rings. The molecule has 2 rings (SSSR count). The molecule has 8 nitrogen and oxygen atoms in total. The lowest BCUT2D eigenvalue weighted by Crippen LogP contribution is -2.53. The molecule has 2 heterocycles. The van der Waals surface area contributed by atoms with Crippen LogP contribution < -0.4 is 11.1 Å². The van der Waals surface area contributed by atoms with Crippen molar-refractivity contribution >= 4 is 11.7 Å². The number of carbonyl (C=O) groups excluding carboxylic acids is 1. The Hall–Kier alpha value is -2.10. The molecule has 1 saturated heterocycles. The van der Waals surface area contributed by atoms with Gasteiger partial charge in [-0.2, -0.15) is 0 Å². The summed E-state index contributed by atoms with van der Waals surface area (Å²) < 4.78 is 24.1. The third-order valence-corrected chi connectivity index (χ3v) is 3.33. The molecular formula is C11H15F2N5O3. The molecule has 2 aliphatic heterocycles. The fourth-order valence-electron chi connectivity index (χ4n) is 2.22. The molecule has 2 amide bonds. The van der Waals surface area contributed by atoms with Crippen molar-refractivity contribution in [2.75, 3.05) is 26.2 Å². The third kappa shape index (κ3) is 3.32. The van der Waals surface area contributed by atoms with Gasteiger partial charge in [0.15, 0.2) is 0 Å². The first-order valence-corrected chi connectivity index (χ1v) is 6.31. The number of rotatable bonds is 3. The van der Waals surface area contributed by atoms with Gasteiger partial charge >= 0.3 is 11.7 Å². The van der Waals surface area contributed by atoms with E-state index in [4.69, 9.17) is 5.73 Å². The number of aliphatic imine (C=N–C) groups is 1. The number of fused-ring (bicyclic) bond motifs is 1. The number of carbonyl (C=O) groups is 1. The smallest absolute Gasteiger partial charge is 0.317 e. The summed E-state index contributed by atoms with van der Waals surface area (Å²) in [6.45, 7) is -0.483. The summed E-state index contributed by atoms with van der Waals surface area (Å²) in [5.41, 5.74) is 5.03. The molecule has 1 atom stereocenters. The fraction of sp³-hybridized carbons (Fsp3) is 0.636. The topological polar surface area (TPSA) is 114 Å². The van der Waals surface area contributed by atoms with Crippen LogP contribution in [-0.4, -0.2) is 59.8 Å². The minimum atomic E-state index is -2.63. The fourth-order valence-corrected chi connectivity index (χ4v) is 2.22. The van der Waals surface area contributed by atoms with E-state index < -0.39 is 29.6 Å². The second-order valence-corrected chi connectivity index (χ2v) is 4.93. The zero-order chi connectivity index (χ0) is 15.6. The number of dihydropyridines is 1. The lowest BCUT2D eigenvalue weighted by molar-refractivity contribution is -0.551. The summed E-state index contributed by atoms with van der Waals surface area (Å²) in [6, 6.07) is -0.635. The highest BCUT2D eigenvalue weighted by molar-refractivity contribution is 6.03. The van der Waals surface area contributed by atoms with E-state index in [0.29, 0.717) is 24.3 Å². The number of nitrogens with two attached hydrogens (primary N) is 1. The van der Waals surface area contributed by atoms with E-state index in [2.05, 4.69) is 10.3 Å². The summed E-state index contributed by atoms with van der Waals surface area (Å²) >= 11 is 0. The van der Waals surface area contributed by atoms with Gasteiger partial charge < -0.3 is 10.2 Å². The molecule has 0 spiro atoms. The Morgan fingerprint density at radius 2 is 2.38 bits per heavy atom. The largest absolute Gasteiger partial charge is 0.332 e. The van der Waals surface area contributed by atoms with Crippen LogP contribution >= 0.6 is 0 Å². The maximum Gasteiger partial charge on any atom is 0.317 e. The van der Waals surface area contributed by atoms with E-state index in [0.717, 1.165) is 0 Å². The Morgan fingerprint density at radius 1 is 1.67 bits per heavy atom. The molecule has 1 unspecified atom stereocenters. The Balaban J connectivity index is 2.06. The van der Waals surface area contributed by atoms with Gasteiger partial charge in [0.2, 0.25) is 0 Å². The van der Waals surface area contributed by atoms with Gasteiger partial charge in [0.1, 0.15) is 6.54 Å². The van der Waals surface area contributed by atoms with Crippen molar-refractivity contribution < 1.29 is 18.5 Å². The number of halogens is 2. The van der Waals surface area contributed by atoms with Gasteiger partial charge in [-0.25, -0.2) is 13.6 Å². The highest BCUT2D eigenvalue weighted by Crippen LogP contribution is 2.22. The number of piperidine rings is 1. The molecule has 0 aliphatic carbocycles. The van der Waals surface area contributed by atoms with E-state index in [1.807, 2.05) is 0 Å². The summed E-state index contributed by atoms with van der Waals surface area (Å²) in [6.07, 6.45) is -0.917. The van der Waals surface area contributed by atoms with Crippen LogP contribution in [0.4, 0.5) is 13.6 Å². The van der Waals surface area contributed by atoms with E-state index >= 15 is 0 Å². The van der Waals surface area contributed by atoms with E-state index in [-0.39, 0.29) is 13.1 Å². The molecule has 0 aromatic heterocycles. The summed E-state index contributed by atoms with van der Waals surface area (Å²) in [5.74, 6) is 0. The molecular weight excluding hydrogens is 288 g/mol. The van der Waals surface area contributed by atoms with Crippen LogP contribution in [0.5, 0.6) is 0 Å². The highest BCUT2D eigenvalue weighted by Gasteiger charge is 2.40. The maximum absolute atomic E-state index is 12.1. The molecule has 3 N–H and O–H groups in total. The molecule has 0 aromatic carbocycles. The Bertz CT molecular complexity index is 522. The van der Waals surface area contributed by atoms with Gasteiger partial charge in [0.05, 0.1) is 6.54 Å². The second kappa shape index (κ2) is 5.72. The number of amides is 2. The lowest BCUT2D eigenvalue weighted by Gasteiger charge is -2.33. The van der Waals surface area contributed by atoms with Crippen molar-refractivity contribution in [1.29, 1.82) is 0 Å². The predicted octanol–water partition coefficient (Wildman–Crippen LogP) is -0.0205. The Kier molecular flexibility index (Phi) is 4.16. The molecule has 0 bridgehead atoms. The van der Waals surface area contributed by atoms with Gasteiger partial charge in [-0.3, -0.25) is 20.8 Å². The van der Waals surface area contributed by atoms with Gasteiger partial charge in [0.25, 0.3) is 6.43 Å². The molecule has 2 aliphatic rings. The average Bonchev–Trinajstić information content (AvgIpc) is 2.43. The van der Waals surface area contributed by atoms with Crippen molar-refractivity contribution in [2.24, 2.45) is 10.7 Å². The number of likely N-dealkylation sites (tertiary alicyclic amines) is 1. The van der Waals surface area contributed by atoms with Crippen LogP contribution in [0.25, 0.3) is 0 Å². The third-order valence-electron chi connectivity index (χ3n) is 3.33. The van der Waals surface area contributed by atoms with Gasteiger partial charge in [-0.05, 0) is 5.57 Å². The SMILES string of the molecule is NC1([N+](=O)[O-])C=C2CN(C(=O)NCC(F)F)CCC2=NC1. The number of nitro groups is 1. The monoisotopic (exact) mass is 303 g/mol. The van der Waals surface area contributed by atoms with Crippen molar-refractivity contribution in [3.8, 4) is 0 Å². The first-order chi connectivity index (χ1) is 9.82. The summed E-state index contributed by atoms with van der Waals surface area (Å²) in [7, 11) is 0. The predicted molar refractivity (Wildman–Crippen MR) is 69.9 cm³/mol. The molecule has 0 aromatic rings. The second-order valence-electron chi connectivity index (χ2n) is 4.93. The molecule has 116 valence electrons. The summed E-state index contributed by atoms with van der Waals surface area (Å²) in [4.78, 5) is 27.4. The Morgan fingerprint density at radius 3 is 3.00 bits per heavy atom. The van der Waals surface area contributed by atoms with Crippen molar-refractivity contribution in [3.05, 3.63) is 21.8 Å². The molecule has 21 heavy (non-hydrogen) atoms. The average molecular weight is 303 g/mol. The molecule has 10 heteroatoms. The maximum atomic E-state index is 12.1. The quantitative estimate of drug-likeness (QED) is 0.433. The zero-order valence-electron chi connectivity index (χ0n) is 11.1. The zero-order valence-corrected chi connectivity index (χ0v) is 11.1. The first-order valence-electron chi connectivity index (χ1n) is 6.31. The standard InChI is InChI=1S/C11H15F2N5O3/c12-9(13)4-15-10(19)17-2-1-8-7(5-17)3-11(14,6-16-8)18(20)21/h3,9H,1-2,4-6,14H2,(H,15,19). The van der Waals surface area contributed by atoms with Crippen molar-refractivity contribution in [2.45, 2.75) is 18.5 Å². The van der Waals surface area contributed by atoms with Crippen molar-refractivity contribution in [1.82, 2.24) is 10.2 Å². The Labute approximate surface area is 118 Å². The number of alkyl halides is 2. The molecule has 0 radical (unpaired) electrons. The normalized spacial score (nSPS) is 25.0. The van der Waals surface area contributed by atoms with Gasteiger partial charge in [-0.1, -0.05) is 0 Å². The van der Waals surface area contributed by atoms with E-state index in [9.17, 15) is 23.7 Å². The minimum Gasteiger partial charge on any atom is -0.332 e. The first kappa shape index (κ1) is 15.3. The van der Waals surface area contributed by atoms with Crippen LogP contribution in [0.2, 0.25) is 0 Å². The van der Waals surface area contributed by atoms with Crippen molar-refractivity contribution in [3.63, 3.8) is 0 Å². The summed E-state index contributed by atoms with van der Waals surface area (Å²) in [5, 5.41) is 13.0. The van der Waals surface area contributed by atoms with Gasteiger partial charge in [-0.15, -0.1) is 0 Å². The van der Waals surface area contributed by atoms with E-state index in [1.165, 1.54) is 11.0 Å². The number of nitrogens with zero attached hydrogens (tertiary/aromatic N) is 3. The number of nitrogens with one attached hydrogen (secondary N) is 1. The van der Waals surface area contributed by atoms with E-state index in [1.54, 1.807) is 0 Å². The highest BCUT2D eigenvalue weighted by atomic mass is 19.3. The van der Waals surface area contributed by atoms with Crippen LogP contribution in [0.15, 0.2) is 16.6 Å².